The Bertz CT molecular complexity index is 436. The second kappa shape index (κ2) is 4.15. The van der Waals surface area contributed by atoms with E-state index in [1.165, 1.54) is 14.2 Å². The highest BCUT2D eigenvalue weighted by molar-refractivity contribution is 9.11. The summed E-state index contributed by atoms with van der Waals surface area (Å²) in [5.41, 5.74) is 7.81. The predicted octanol–water partition coefficient (Wildman–Crippen LogP) is 3.68. The number of nitrogens with two attached hydrogens (primary N) is 1. The molecule has 0 saturated heterocycles. The highest BCUT2D eigenvalue weighted by atomic mass is 79.9. The van der Waals surface area contributed by atoms with E-state index in [1.54, 1.807) is 11.3 Å². The van der Waals surface area contributed by atoms with Crippen molar-refractivity contribution in [1.29, 1.82) is 0 Å². The van der Waals surface area contributed by atoms with Gasteiger partial charge in [0.15, 0.2) is 0 Å². The minimum atomic E-state index is 0.832. The molecule has 0 bridgehead atoms. The fourth-order valence-corrected chi connectivity index (χ4v) is 2.87. The molecule has 2 rings (SSSR count). The zero-order chi connectivity index (χ0) is 9.97. The molecular weight excluding hydrogens is 258 g/mol. The standard InChI is InChI=1S/C11H10BrNS/c12-11-5-4-10(14-11)7-8-2-1-3-9(13)6-8/h1-6H,7,13H2. The summed E-state index contributed by atoms with van der Waals surface area (Å²) >= 11 is 5.22. The maximum Gasteiger partial charge on any atom is 0.0701 e. The van der Waals surface area contributed by atoms with Gasteiger partial charge in [0.2, 0.25) is 0 Å². The van der Waals surface area contributed by atoms with Gasteiger partial charge in [-0.05, 0) is 45.8 Å². The van der Waals surface area contributed by atoms with Gasteiger partial charge in [0, 0.05) is 17.0 Å². The first kappa shape index (κ1) is 9.74. The van der Waals surface area contributed by atoms with Gasteiger partial charge in [-0.15, -0.1) is 11.3 Å². The molecule has 0 aliphatic rings. The molecule has 0 aliphatic carbocycles. The topological polar surface area (TPSA) is 26.0 Å². The van der Waals surface area contributed by atoms with Gasteiger partial charge in [-0.1, -0.05) is 12.1 Å². The summed E-state index contributed by atoms with van der Waals surface area (Å²) in [4.78, 5) is 1.35. The van der Waals surface area contributed by atoms with E-state index < -0.39 is 0 Å². The van der Waals surface area contributed by atoms with Crippen molar-refractivity contribution < 1.29 is 0 Å². The first-order valence-corrected chi connectivity index (χ1v) is 5.93. The van der Waals surface area contributed by atoms with Gasteiger partial charge in [0.05, 0.1) is 3.79 Å². The van der Waals surface area contributed by atoms with Crippen LogP contribution in [-0.4, -0.2) is 0 Å². The molecule has 0 aliphatic heterocycles. The number of anilines is 1. The monoisotopic (exact) mass is 267 g/mol. The molecule has 2 N–H and O–H groups in total. The van der Waals surface area contributed by atoms with Crippen LogP contribution in [0.2, 0.25) is 0 Å². The first-order valence-electron chi connectivity index (χ1n) is 4.33. The molecule has 3 heteroatoms. The maximum absolute atomic E-state index is 5.71. The molecule has 1 aromatic heterocycles. The van der Waals surface area contributed by atoms with Gasteiger partial charge in [0.25, 0.3) is 0 Å². The molecule has 72 valence electrons. The average Bonchev–Trinajstić information content (AvgIpc) is 2.51. The van der Waals surface area contributed by atoms with Gasteiger partial charge in [-0.2, -0.15) is 0 Å². The molecule has 0 radical (unpaired) electrons. The third kappa shape index (κ3) is 2.36. The van der Waals surface area contributed by atoms with Crippen molar-refractivity contribution in [3.8, 4) is 0 Å². The van der Waals surface area contributed by atoms with Crippen molar-refractivity contribution in [2.24, 2.45) is 0 Å². The lowest BCUT2D eigenvalue weighted by Gasteiger charge is -1.99. The van der Waals surface area contributed by atoms with Gasteiger partial charge < -0.3 is 5.73 Å². The first-order chi connectivity index (χ1) is 6.74. The Labute approximate surface area is 95.7 Å². The van der Waals surface area contributed by atoms with Crippen LogP contribution in [-0.2, 0) is 6.42 Å². The van der Waals surface area contributed by atoms with Crippen molar-refractivity contribution in [2.75, 3.05) is 5.73 Å². The molecule has 0 amide bonds. The number of benzene rings is 1. The minimum Gasteiger partial charge on any atom is -0.399 e. The summed E-state index contributed by atoms with van der Waals surface area (Å²) < 4.78 is 1.18. The normalized spacial score (nSPS) is 10.4. The fourth-order valence-electron chi connectivity index (χ4n) is 1.35. The van der Waals surface area contributed by atoms with E-state index in [4.69, 9.17) is 5.73 Å². The summed E-state index contributed by atoms with van der Waals surface area (Å²) in [7, 11) is 0. The number of rotatable bonds is 2. The lowest BCUT2D eigenvalue weighted by Crippen LogP contribution is -1.88. The van der Waals surface area contributed by atoms with Crippen LogP contribution < -0.4 is 5.73 Å². The van der Waals surface area contributed by atoms with E-state index in [9.17, 15) is 0 Å². The smallest absolute Gasteiger partial charge is 0.0701 e. The molecule has 1 aromatic carbocycles. The molecular formula is C11H10BrNS. The Morgan fingerprint density at radius 1 is 1.21 bits per heavy atom. The van der Waals surface area contributed by atoms with E-state index in [2.05, 4.69) is 34.1 Å². The summed E-state index contributed by atoms with van der Waals surface area (Å²) in [6.45, 7) is 0. The largest absolute Gasteiger partial charge is 0.399 e. The SMILES string of the molecule is Nc1cccc(Cc2ccc(Br)s2)c1. The van der Waals surface area contributed by atoms with Gasteiger partial charge in [-0.3, -0.25) is 0 Å². The Balaban J connectivity index is 2.18. The van der Waals surface area contributed by atoms with Crippen LogP contribution in [0.15, 0.2) is 40.2 Å². The Hall–Kier alpha value is -0.800. The third-order valence-corrected chi connectivity index (χ3v) is 3.58. The number of hydrogen-bond acceptors (Lipinski definition) is 2. The summed E-state index contributed by atoms with van der Waals surface area (Å²) in [6, 6.07) is 12.2. The van der Waals surface area contributed by atoms with Gasteiger partial charge in [-0.25, -0.2) is 0 Å². The van der Waals surface area contributed by atoms with Crippen LogP contribution in [0.3, 0.4) is 0 Å². The van der Waals surface area contributed by atoms with E-state index in [0.717, 1.165) is 12.1 Å². The van der Waals surface area contributed by atoms with E-state index in [1.807, 2.05) is 18.2 Å². The molecule has 1 nitrogen and oxygen atoms in total. The van der Waals surface area contributed by atoms with Crippen molar-refractivity contribution >= 4 is 33.0 Å². The average molecular weight is 268 g/mol. The Morgan fingerprint density at radius 2 is 2.07 bits per heavy atom. The summed E-state index contributed by atoms with van der Waals surface area (Å²) in [5, 5.41) is 0. The Kier molecular flexibility index (Phi) is 2.89. The number of hydrogen-bond donors (Lipinski definition) is 1. The Morgan fingerprint density at radius 3 is 2.71 bits per heavy atom. The van der Waals surface area contributed by atoms with Crippen LogP contribution in [0.25, 0.3) is 0 Å². The highest BCUT2D eigenvalue weighted by Crippen LogP contribution is 2.24. The number of thiophene rings is 1. The molecule has 0 saturated carbocycles. The maximum atomic E-state index is 5.71. The second-order valence-corrected chi connectivity index (χ2v) is 5.68. The van der Waals surface area contributed by atoms with Crippen LogP contribution in [0.1, 0.15) is 10.4 Å². The summed E-state index contributed by atoms with van der Waals surface area (Å²) in [6.07, 6.45) is 0.960. The quantitative estimate of drug-likeness (QED) is 0.826. The van der Waals surface area contributed by atoms with E-state index >= 15 is 0 Å². The molecule has 0 atom stereocenters. The minimum absolute atomic E-state index is 0.832. The number of nitrogen functional groups attached to an aromatic ring is 1. The van der Waals surface area contributed by atoms with Crippen molar-refractivity contribution in [3.63, 3.8) is 0 Å². The van der Waals surface area contributed by atoms with Gasteiger partial charge in [0.1, 0.15) is 0 Å². The zero-order valence-electron chi connectivity index (χ0n) is 7.53. The molecule has 0 unspecified atom stereocenters. The van der Waals surface area contributed by atoms with E-state index in [0.29, 0.717) is 0 Å². The van der Waals surface area contributed by atoms with Crippen molar-refractivity contribution in [1.82, 2.24) is 0 Å². The van der Waals surface area contributed by atoms with Gasteiger partial charge >= 0.3 is 0 Å². The van der Waals surface area contributed by atoms with Crippen molar-refractivity contribution in [3.05, 3.63) is 50.6 Å². The molecule has 1 heterocycles. The third-order valence-electron chi connectivity index (χ3n) is 1.96. The summed E-state index contributed by atoms with van der Waals surface area (Å²) in [5.74, 6) is 0. The van der Waals surface area contributed by atoms with Crippen molar-refractivity contribution in [2.45, 2.75) is 6.42 Å². The number of halogens is 1. The lowest BCUT2D eigenvalue weighted by molar-refractivity contribution is 1.24. The zero-order valence-corrected chi connectivity index (χ0v) is 9.94. The molecule has 2 aromatic rings. The van der Waals surface area contributed by atoms with Crippen LogP contribution in [0, 0.1) is 0 Å². The van der Waals surface area contributed by atoms with E-state index in [-0.39, 0.29) is 0 Å². The second-order valence-electron chi connectivity index (χ2n) is 3.13. The molecule has 14 heavy (non-hydrogen) atoms. The highest BCUT2D eigenvalue weighted by Gasteiger charge is 1.99. The molecule has 0 fully saturated rings. The fraction of sp³-hybridized carbons (Fsp3) is 0.0909. The van der Waals surface area contributed by atoms with Crippen LogP contribution in [0.4, 0.5) is 5.69 Å². The van der Waals surface area contributed by atoms with Crippen LogP contribution >= 0.6 is 27.3 Å². The predicted molar refractivity (Wildman–Crippen MR) is 65.7 cm³/mol. The van der Waals surface area contributed by atoms with Crippen LogP contribution in [0.5, 0.6) is 0 Å². The molecule has 0 spiro atoms. The lowest BCUT2D eigenvalue weighted by atomic mass is 10.1.